The number of aryl methyl sites for hydroxylation is 1. The average Bonchev–Trinajstić information content (AvgIpc) is 2.96. The minimum Gasteiger partial charge on any atom is -0.496 e. The molecule has 0 spiro atoms. The summed E-state index contributed by atoms with van der Waals surface area (Å²) in [6.07, 6.45) is 0.859. The summed E-state index contributed by atoms with van der Waals surface area (Å²) in [7, 11) is 5.18. The van der Waals surface area contributed by atoms with Gasteiger partial charge in [0, 0.05) is 38.5 Å². The lowest BCUT2D eigenvalue weighted by atomic mass is 10.1. The van der Waals surface area contributed by atoms with E-state index in [1.807, 2.05) is 29.8 Å². The van der Waals surface area contributed by atoms with Gasteiger partial charge in [0.1, 0.15) is 5.75 Å². The number of nitrogens with zero attached hydrogens (tertiary/aromatic N) is 3. The van der Waals surface area contributed by atoms with E-state index in [0.29, 0.717) is 13.2 Å². The fourth-order valence-corrected chi connectivity index (χ4v) is 3.00. The summed E-state index contributed by atoms with van der Waals surface area (Å²) in [5, 5.41) is 11.3. The van der Waals surface area contributed by atoms with Crippen molar-refractivity contribution >= 4 is 29.9 Å². The molecule has 0 aliphatic carbocycles. The largest absolute Gasteiger partial charge is 0.496 e. The third kappa shape index (κ3) is 6.66. The average molecular weight is 501 g/mol. The van der Waals surface area contributed by atoms with Crippen molar-refractivity contribution in [2.45, 2.75) is 33.4 Å². The van der Waals surface area contributed by atoms with E-state index in [-0.39, 0.29) is 24.0 Å². The van der Waals surface area contributed by atoms with Gasteiger partial charge in [-0.1, -0.05) is 18.2 Å². The van der Waals surface area contributed by atoms with Gasteiger partial charge in [0.2, 0.25) is 0 Å². The second kappa shape index (κ2) is 12.6. The zero-order valence-corrected chi connectivity index (χ0v) is 19.7. The Kier molecular flexibility index (Phi) is 10.9. The van der Waals surface area contributed by atoms with Gasteiger partial charge in [-0.3, -0.25) is 9.67 Å². The van der Waals surface area contributed by atoms with Crippen molar-refractivity contribution in [2.75, 3.05) is 34.4 Å². The molecule has 1 heterocycles. The van der Waals surface area contributed by atoms with Crippen LogP contribution in [0.2, 0.25) is 0 Å². The van der Waals surface area contributed by atoms with Crippen molar-refractivity contribution < 1.29 is 9.47 Å². The number of hydrogen-bond acceptors (Lipinski definition) is 4. The van der Waals surface area contributed by atoms with E-state index in [9.17, 15) is 0 Å². The van der Waals surface area contributed by atoms with Gasteiger partial charge in [0.25, 0.3) is 0 Å². The molecule has 0 bridgehead atoms. The molecular formula is C20H32IN5O2. The number of ether oxygens (including phenoxy) is 2. The fourth-order valence-electron chi connectivity index (χ4n) is 3.00. The maximum atomic E-state index is 5.40. The number of aliphatic imine (C=N–C) groups is 1. The van der Waals surface area contributed by atoms with Crippen molar-refractivity contribution in [2.24, 2.45) is 4.99 Å². The first-order valence-electron chi connectivity index (χ1n) is 9.19. The van der Waals surface area contributed by atoms with Gasteiger partial charge in [-0.25, -0.2) is 0 Å². The lowest BCUT2D eigenvalue weighted by Crippen LogP contribution is -2.38. The first-order chi connectivity index (χ1) is 13.1. The number of methoxy groups -OCH3 is 2. The molecule has 2 aromatic rings. The molecule has 0 saturated carbocycles. The SMILES string of the molecule is CN=C(NCCc1ccccc1OC)NCc1c(C)nn(CCOC)c1C.I. The maximum absolute atomic E-state index is 5.40. The normalized spacial score (nSPS) is 11.1. The number of guanidine groups is 1. The summed E-state index contributed by atoms with van der Waals surface area (Å²) in [6.45, 7) is 6.98. The Labute approximate surface area is 184 Å². The predicted molar refractivity (Wildman–Crippen MR) is 124 cm³/mol. The molecule has 0 aliphatic heterocycles. The highest BCUT2D eigenvalue weighted by molar-refractivity contribution is 14.0. The maximum Gasteiger partial charge on any atom is 0.191 e. The first kappa shape index (κ1) is 24.2. The van der Waals surface area contributed by atoms with Crippen molar-refractivity contribution in [3.63, 3.8) is 0 Å². The molecule has 0 unspecified atom stereocenters. The molecule has 0 amide bonds. The standard InChI is InChI=1S/C20H31N5O2.HI/c1-15-18(16(2)25(24-15)12-13-26-4)14-23-20(21-3)22-11-10-17-8-6-7-9-19(17)27-5;/h6-9H,10-14H2,1-5H3,(H2,21,22,23);1H. The van der Waals surface area contributed by atoms with Gasteiger partial charge in [0.15, 0.2) is 5.96 Å². The quantitative estimate of drug-likeness (QED) is 0.314. The highest BCUT2D eigenvalue weighted by atomic mass is 127. The van der Waals surface area contributed by atoms with Crippen molar-refractivity contribution in [3.8, 4) is 5.75 Å². The fraction of sp³-hybridized carbons (Fsp3) is 0.500. The Balaban J connectivity index is 0.00000392. The Morgan fingerprint density at radius 2 is 1.93 bits per heavy atom. The number of hydrogen-bond donors (Lipinski definition) is 2. The topological polar surface area (TPSA) is 72.7 Å². The molecule has 2 rings (SSSR count). The number of halogens is 1. The zero-order valence-electron chi connectivity index (χ0n) is 17.4. The van der Waals surface area contributed by atoms with E-state index < -0.39 is 0 Å². The Bertz CT molecular complexity index is 761. The molecular weight excluding hydrogens is 469 g/mol. The van der Waals surface area contributed by atoms with Gasteiger partial charge in [-0.05, 0) is 31.9 Å². The van der Waals surface area contributed by atoms with Crippen LogP contribution in [-0.4, -0.2) is 50.2 Å². The molecule has 0 fully saturated rings. The summed E-state index contributed by atoms with van der Waals surface area (Å²) in [4.78, 5) is 4.31. The van der Waals surface area contributed by atoms with Crippen LogP contribution in [0.3, 0.4) is 0 Å². The monoisotopic (exact) mass is 501 g/mol. The molecule has 1 aromatic carbocycles. The molecule has 0 aliphatic rings. The highest BCUT2D eigenvalue weighted by Crippen LogP contribution is 2.17. The van der Waals surface area contributed by atoms with Gasteiger partial charge < -0.3 is 20.1 Å². The summed E-state index contributed by atoms with van der Waals surface area (Å²) < 4.78 is 12.5. The molecule has 28 heavy (non-hydrogen) atoms. The van der Waals surface area contributed by atoms with Crippen LogP contribution >= 0.6 is 24.0 Å². The molecule has 0 atom stereocenters. The van der Waals surface area contributed by atoms with Gasteiger partial charge in [0.05, 0.1) is 26.0 Å². The van der Waals surface area contributed by atoms with Crippen LogP contribution in [0.5, 0.6) is 5.75 Å². The summed E-state index contributed by atoms with van der Waals surface area (Å²) in [5.41, 5.74) is 4.55. The number of aromatic nitrogens is 2. The third-order valence-electron chi connectivity index (χ3n) is 4.57. The number of nitrogens with one attached hydrogen (secondary N) is 2. The zero-order chi connectivity index (χ0) is 19.6. The lowest BCUT2D eigenvalue weighted by molar-refractivity contribution is 0.182. The van der Waals surface area contributed by atoms with Crippen molar-refractivity contribution in [1.29, 1.82) is 0 Å². The minimum atomic E-state index is 0. The van der Waals surface area contributed by atoms with E-state index in [0.717, 1.165) is 42.6 Å². The van der Waals surface area contributed by atoms with Gasteiger partial charge in [-0.2, -0.15) is 5.10 Å². The molecule has 2 N–H and O–H groups in total. The molecule has 156 valence electrons. The summed E-state index contributed by atoms with van der Waals surface area (Å²) in [5.74, 6) is 1.69. The van der Waals surface area contributed by atoms with Crippen molar-refractivity contribution in [1.82, 2.24) is 20.4 Å². The van der Waals surface area contributed by atoms with Crippen LogP contribution in [0.15, 0.2) is 29.3 Å². The Morgan fingerprint density at radius 1 is 1.18 bits per heavy atom. The smallest absolute Gasteiger partial charge is 0.191 e. The molecule has 8 heteroatoms. The summed E-state index contributed by atoms with van der Waals surface area (Å²) >= 11 is 0. The van der Waals surface area contributed by atoms with Crippen molar-refractivity contribution in [3.05, 3.63) is 46.8 Å². The van der Waals surface area contributed by atoms with Crippen LogP contribution in [0.4, 0.5) is 0 Å². The van der Waals surface area contributed by atoms with Gasteiger partial charge in [-0.15, -0.1) is 24.0 Å². The molecule has 0 radical (unpaired) electrons. The molecule has 7 nitrogen and oxygen atoms in total. The highest BCUT2D eigenvalue weighted by Gasteiger charge is 2.12. The van der Waals surface area contributed by atoms with E-state index >= 15 is 0 Å². The van der Waals surface area contributed by atoms with E-state index in [1.165, 1.54) is 11.1 Å². The number of rotatable bonds is 9. The minimum absolute atomic E-state index is 0. The van der Waals surface area contributed by atoms with Crippen LogP contribution in [-0.2, 0) is 24.2 Å². The summed E-state index contributed by atoms with van der Waals surface area (Å²) in [6, 6.07) is 8.07. The van der Waals surface area contributed by atoms with Crippen LogP contribution in [0, 0.1) is 13.8 Å². The van der Waals surface area contributed by atoms with E-state index in [1.54, 1.807) is 21.3 Å². The Hall–Kier alpha value is -1.81. The lowest BCUT2D eigenvalue weighted by Gasteiger charge is -2.13. The van der Waals surface area contributed by atoms with Gasteiger partial charge >= 0.3 is 0 Å². The number of para-hydroxylation sites is 1. The number of benzene rings is 1. The third-order valence-corrected chi connectivity index (χ3v) is 4.57. The molecule has 1 aromatic heterocycles. The first-order valence-corrected chi connectivity index (χ1v) is 9.19. The van der Waals surface area contributed by atoms with E-state index in [4.69, 9.17) is 9.47 Å². The van der Waals surface area contributed by atoms with Crippen LogP contribution in [0.25, 0.3) is 0 Å². The molecule has 0 saturated heterocycles. The predicted octanol–water partition coefficient (Wildman–Crippen LogP) is 2.68. The van der Waals surface area contributed by atoms with E-state index in [2.05, 4.69) is 33.7 Å². The second-order valence-corrected chi connectivity index (χ2v) is 6.28. The Morgan fingerprint density at radius 3 is 2.61 bits per heavy atom. The second-order valence-electron chi connectivity index (χ2n) is 6.28. The van der Waals surface area contributed by atoms with Crippen LogP contribution in [0.1, 0.15) is 22.5 Å². The van der Waals surface area contributed by atoms with Crippen LogP contribution < -0.4 is 15.4 Å².